The number of hydrogen-bond donors (Lipinski definition) is 1. The molecule has 4 rings (SSSR count). The van der Waals surface area contributed by atoms with E-state index in [2.05, 4.69) is 15.0 Å². The number of rotatable bonds is 3. The molecule has 0 fully saturated rings. The third kappa shape index (κ3) is 2.77. The van der Waals surface area contributed by atoms with Gasteiger partial charge in [-0.25, -0.2) is 18.7 Å². The van der Waals surface area contributed by atoms with Gasteiger partial charge >= 0.3 is 0 Å². The predicted octanol–water partition coefficient (Wildman–Crippen LogP) is 4.08. The minimum atomic E-state index is -0.899. The number of pyridine rings is 1. The van der Waals surface area contributed by atoms with Crippen molar-refractivity contribution in [2.45, 2.75) is 6.04 Å². The topological polar surface area (TPSA) is 64.7 Å². The zero-order chi connectivity index (χ0) is 17.4. The largest absolute Gasteiger partial charge is 0.318 e. The number of thiophene rings is 1. The Bertz CT molecular complexity index is 1050. The van der Waals surface area contributed by atoms with Crippen LogP contribution in [0.3, 0.4) is 0 Å². The molecule has 0 saturated heterocycles. The van der Waals surface area contributed by atoms with Crippen molar-refractivity contribution in [3.05, 3.63) is 77.3 Å². The summed E-state index contributed by atoms with van der Waals surface area (Å²) in [4.78, 5) is 13.6. The van der Waals surface area contributed by atoms with Crippen LogP contribution in [-0.4, -0.2) is 15.0 Å². The first kappa shape index (κ1) is 15.7. The van der Waals surface area contributed by atoms with E-state index in [-0.39, 0.29) is 0 Å². The maximum Gasteiger partial charge on any atom is 0.159 e. The van der Waals surface area contributed by atoms with Crippen LogP contribution in [0.5, 0.6) is 0 Å². The summed E-state index contributed by atoms with van der Waals surface area (Å²) < 4.78 is 26.9. The van der Waals surface area contributed by atoms with E-state index in [1.807, 2.05) is 23.6 Å². The second kappa shape index (κ2) is 6.27. The first-order valence-electron chi connectivity index (χ1n) is 7.49. The Labute approximate surface area is 146 Å². The van der Waals surface area contributed by atoms with Crippen LogP contribution < -0.4 is 5.73 Å². The van der Waals surface area contributed by atoms with E-state index in [0.717, 1.165) is 21.8 Å². The summed E-state index contributed by atoms with van der Waals surface area (Å²) in [7, 11) is 0. The molecule has 3 aromatic heterocycles. The van der Waals surface area contributed by atoms with Crippen molar-refractivity contribution in [2.75, 3.05) is 0 Å². The number of nitrogens with zero attached hydrogens (tertiary/aromatic N) is 3. The summed E-state index contributed by atoms with van der Waals surface area (Å²) in [6.07, 6.45) is 3.11. The molecule has 4 nitrogen and oxygen atoms in total. The van der Waals surface area contributed by atoms with Crippen molar-refractivity contribution in [1.29, 1.82) is 0 Å². The van der Waals surface area contributed by atoms with Crippen LogP contribution >= 0.6 is 11.3 Å². The monoisotopic (exact) mass is 354 g/mol. The van der Waals surface area contributed by atoms with Crippen LogP contribution in [0.2, 0.25) is 0 Å². The van der Waals surface area contributed by atoms with Gasteiger partial charge in [0.15, 0.2) is 11.6 Å². The van der Waals surface area contributed by atoms with Gasteiger partial charge in [0, 0.05) is 22.5 Å². The zero-order valence-corrected chi connectivity index (χ0v) is 13.7. The smallest absolute Gasteiger partial charge is 0.159 e. The van der Waals surface area contributed by atoms with Crippen molar-refractivity contribution < 1.29 is 8.78 Å². The second-order valence-electron chi connectivity index (χ2n) is 5.45. The van der Waals surface area contributed by atoms with Crippen LogP contribution in [0.1, 0.15) is 17.4 Å². The Hall–Kier alpha value is -2.77. The fourth-order valence-corrected chi connectivity index (χ4v) is 3.63. The number of aromatic nitrogens is 3. The molecule has 124 valence electrons. The summed E-state index contributed by atoms with van der Waals surface area (Å²) in [6, 6.07) is 8.74. The van der Waals surface area contributed by atoms with Gasteiger partial charge in [-0.3, -0.25) is 4.98 Å². The number of fused-ring (bicyclic) bond motifs is 1. The molecule has 7 heteroatoms. The highest BCUT2D eigenvalue weighted by molar-refractivity contribution is 7.17. The first-order valence-corrected chi connectivity index (χ1v) is 8.37. The summed E-state index contributed by atoms with van der Waals surface area (Å²) in [6.45, 7) is 0. The van der Waals surface area contributed by atoms with Gasteiger partial charge in [-0.1, -0.05) is 12.1 Å². The van der Waals surface area contributed by atoms with Crippen LogP contribution in [-0.2, 0) is 0 Å². The SMILES string of the molecule is NC(c1ccccn1)c1ncnc2scc(-c3ccc(F)c(F)c3)c12. The molecule has 1 aromatic carbocycles. The van der Waals surface area contributed by atoms with Crippen LogP contribution in [0, 0.1) is 11.6 Å². The van der Waals surface area contributed by atoms with Crippen molar-refractivity contribution >= 4 is 21.6 Å². The van der Waals surface area contributed by atoms with Gasteiger partial charge in [0.1, 0.15) is 11.2 Å². The van der Waals surface area contributed by atoms with Gasteiger partial charge in [-0.05, 0) is 29.8 Å². The molecule has 0 amide bonds. The molecular formula is C18H12F2N4S. The number of halogens is 2. The minimum Gasteiger partial charge on any atom is -0.318 e. The maximum atomic E-state index is 13.7. The fourth-order valence-electron chi connectivity index (χ4n) is 2.71. The molecule has 1 atom stereocenters. The van der Waals surface area contributed by atoms with Crippen LogP contribution in [0.15, 0.2) is 54.3 Å². The number of benzene rings is 1. The van der Waals surface area contributed by atoms with E-state index in [0.29, 0.717) is 17.0 Å². The Balaban J connectivity index is 1.92. The molecule has 1 unspecified atom stereocenters. The van der Waals surface area contributed by atoms with E-state index < -0.39 is 17.7 Å². The van der Waals surface area contributed by atoms with Crippen molar-refractivity contribution in [3.63, 3.8) is 0 Å². The van der Waals surface area contributed by atoms with E-state index in [9.17, 15) is 8.78 Å². The molecular weight excluding hydrogens is 342 g/mol. The molecule has 4 aromatic rings. The van der Waals surface area contributed by atoms with Gasteiger partial charge in [0.2, 0.25) is 0 Å². The van der Waals surface area contributed by atoms with Gasteiger partial charge in [-0.2, -0.15) is 0 Å². The lowest BCUT2D eigenvalue weighted by atomic mass is 10.0. The van der Waals surface area contributed by atoms with Crippen molar-refractivity contribution in [2.24, 2.45) is 5.73 Å². The zero-order valence-electron chi connectivity index (χ0n) is 12.9. The Morgan fingerprint density at radius 1 is 1.00 bits per heavy atom. The number of nitrogens with two attached hydrogens (primary N) is 1. The average molecular weight is 354 g/mol. The van der Waals surface area contributed by atoms with Gasteiger partial charge in [0.25, 0.3) is 0 Å². The lowest BCUT2D eigenvalue weighted by Crippen LogP contribution is -2.15. The van der Waals surface area contributed by atoms with E-state index in [4.69, 9.17) is 5.73 Å². The van der Waals surface area contributed by atoms with E-state index >= 15 is 0 Å². The summed E-state index contributed by atoms with van der Waals surface area (Å²) in [5.74, 6) is -1.78. The van der Waals surface area contributed by atoms with E-state index in [1.54, 1.807) is 6.20 Å². The molecule has 0 aliphatic rings. The maximum absolute atomic E-state index is 13.7. The third-order valence-corrected chi connectivity index (χ3v) is 4.82. The third-order valence-electron chi connectivity index (χ3n) is 3.93. The average Bonchev–Trinajstić information content (AvgIpc) is 3.08. The normalized spacial score (nSPS) is 12.4. The molecule has 0 spiro atoms. The second-order valence-corrected chi connectivity index (χ2v) is 6.31. The highest BCUT2D eigenvalue weighted by Gasteiger charge is 2.20. The van der Waals surface area contributed by atoms with Gasteiger partial charge < -0.3 is 5.73 Å². The summed E-state index contributed by atoms with van der Waals surface area (Å²) in [5.41, 5.74) is 8.91. The standard InChI is InChI=1S/C18H12F2N4S/c19-12-5-4-10(7-13(12)20)11-8-25-18-15(11)17(23-9-24-18)16(21)14-3-1-2-6-22-14/h1-9,16H,21H2. The first-order chi connectivity index (χ1) is 12.1. The minimum absolute atomic E-state index is 0.550. The molecule has 3 heterocycles. The Morgan fingerprint density at radius 3 is 2.64 bits per heavy atom. The van der Waals surface area contributed by atoms with Crippen LogP contribution in [0.25, 0.3) is 21.3 Å². The van der Waals surface area contributed by atoms with Crippen molar-refractivity contribution in [1.82, 2.24) is 15.0 Å². The predicted molar refractivity (Wildman–Crippen MR) is 93.0 cm³/mol. The lowest BCUT2D eigenvalue weighted by Gasteiger charge is -2.12. The molecule has 0 aliphatic carbocycles. The lowest BCUT2D eigenvalue weighted by molar-refractivity contribution is 0.509. The molecule has 0 aliphatic heterocycles. The summed E-state index contributed by atoms with van der Waals surface area (Å²) >= 11 is 1.40. The molecule has 0 radical (unpaired) electrons. The molecule has 0 bridgehead atoms. The Kier molecular flexibility index (Phi) is 3.95. The van der Waals surface area contributed by atoms with Gasteiger partial charge in [0.05, 0.1) is 17.4 Å². The van der Waals surface area contributed by atoms with Gasteiger partial charge in [-0.15, -0.1) is 11.3 Å². The Morgan fingerprint density at radius 2 is 1.88 bits per heavy atom. The molecule has 0 saturated carbocycles. The van der Waals surface area contributed by atoms with Crippen molar-refractivity contribution in [3.8, 4) is 11.1 Å². The number of hydrogen-bond acceptors (Lipinski definition) is 5. The summed E-state index contributed by atoms with van der Waals surface area (Å²) in [5, 5.41) is 2.58. The van der Waals surface area contributed by atoms with E-state index in [1.165, 1.54) is 29.8 Å². The molecule has 2 N–H and O–H groups in total. The molecule has 25 heavy (non-hydrogen) atoms. The highest BCUT2D eigenvalue weighted by atomic mass is 32.1. The highest BCUT2D eigenvalue weighted by Crippen LogP contribution is 2.37. The quantitative estimate of drug-likeness (QED) is 0.602. The fraction of sp³-hybridized carbons (Fsp3) is 0.0556. The van der Waals surface area contributed by atoms with Crippen LogP contribution in [0.4, 0.5) is 8.78 Å².